The molecule has 0 amide bonds. The molecule has 0 radical (unpaired) electrons. The van der Waals surface area contributed by atoms with E-state index in [1.807, 2.05) is 20.2 Å². The molecular formula is C7H11N5. The van der Waals surface area contributed by atoms with Crippen LogP contribution in [-0.4, -0.2) is 16.3 Å². The Bertz CT molecular complexity index is 308. The van der Waals surface area contributed by atoms with Gasteiger partial charge in [-0.25, -0.2) is 0 Å². The Morgan fingerprint density at radius 1 is 1.75 bits per heavy atom. The third kappa shape index (κ3) is 2.00. The predicted molar refractivity (Wildman–Crippen MR) is 45.7 cm³/mol. The molecule has 1 aromatic rings. The number of aromatic nitrogens is 2. The Kier molecular flexibility index (Phi) is 2.71. The summed E-state index contributed by atoms with van der Waals surface area (Å²) in [5.41, 5.74) is 10.2. The highest BCUT2D eigenvalue weighted by Gasteiger charge is 2.00. The van der Waals surface area contributed by atoms with E-state index in [0.29, 0.717) is 6.54 Å². The molecule has 0 saturated carbocycles. The Labute approximate surface area is 70.6 Å². The summed E-state index contributed by atoms with van der Waals surface area (Å²) in [5, 5.41) is 7.66. The van der Waals surface area contributed by atoms with E-state index in [0.717, 1.165) is 17.7 Å². The van der Waals surface area contributed by atoms with E-state index >= 15 is 0 Å². The fourth-order valence-electron chi connectivity index (χ4n) is 1.10. The molecule has 0 spiro atoms. The van der Waals surface area contributed by atoms with Gasteiger partial charge in [-0.1, -0.05) is 5.11 Å². The van der Waals surface area contributed by atoms with E-state index in [4.69, 9.17) is 5.53 Å². The summed E-state index contributed by atoms with van der Waals surface area (Å²) in [6, 6.07) is 0. The van der Waals surface area contributed by atoms with Crippen LogP contribution in [0.2, 0.25) is 0 Å². The van der Waals surface area contributed by atoms with Crippen LogP contribution >= 0.6 is 0 Å². The molecule has 0 atom stereocenters. The Morgan fingerprint density at radius 3 is 3.00 bits per heavy atom. The van der Waals surface area contributed by atoms with Gasteiger partial charge in [-0.05, 0) is 24.4 Å². The third-order valence-corrected chi connectivity index (χ3v) is 1.63. The molecule has 5 heteroatoms. The van der Waals surface area contributed by atoms with Gasteiger partial charge < -0.3 is 0 Å². The van der Waals surface area contributed by atoms with Crippen LogP contribution in [0, 0.1) is 6.92 Å². The van der Waals surface area contributed by atoms with E-state index in [1.165, 1.54) is 0 Å². The van der Waals surface area contributed by atoms with Crippen LogP contribution in [0.1, 0.15) is 11.3 Å². The van der Waals surface area contributed by atoms with Crippen molar-refractivity contribution in [2.24, 2.45) is 12.2 Å². The SMILES string of the molecule is Cc1cn(C)nc1CCN=[N+]=[N-]. The molecule has 64 valence electrons. The average Bonchev–Trinajstić information content (AvgIpc) is 2.31. The zero-order valence-electron chi connectivity index (χ0n) is 7.23. The summed E-state index contributed by atoms with van der Waals surface area (Å²) in [7, 11) is 1.88. The predicted octanol–water partition coefficient (Wildman–Crippen LogP) is 1.58. The lowest BCUT2D eigenvalue weighted by Crippen LogP contribution is -1.94. The molecule has 0 fully saturated rings. The Morgan fingerprint density at radius 2 is 2.50 bits per heavy atom. The summed E-state index contributed by atoms with van der Waals surface area (Å²) in [4.78, 5) is 2.68. The minimum atomic E-state index is 0.481. The topological polar surface area (TPSA) is 66.6 Å². The Hall–Kier alpha value is -1.48. The molecule has 0 N–H and O–H groups in total. The van der Waals surface area contributed by atoms with Crippen molar-refractivity contribution in [1.82, 2.24) is 9.78 Å². The number of hydrogen-bond donors (Lipinski definition) is 0. The number of azide groups is 1. The molecule has 1 aromatic heterocycles. The van der Waals surface area contributed by atoms with Gasteiger partial charge in [0.25, 0.3) is 0 Å². The first kappa shape index (κ1) is 8.62. The van der Waals surface area contributed by atoms with E-state index < -0.39 is 0 Å². The molecule has 0 saturated heterocycles. The molecule has 0 bridgehead atoms. The fraction of sp³-hybridized carbons (Fsp3) is 0.571. The molecule has 0 aliphatic heterocycles. The monoisotopic (exact) mass is 165 g/mol. The molecule has 0 aliphatic rings. The van der Waals surface area contributed by atoms with Crippen LogP contribution in [0.3, 0.4) is 0 Å². The van der Waals surface area contributed by atoms with Crippen LogP contribution in [0.25, 0.3) is 10.4 Å². The second-order valence-corrected chi connectivity index (χ2v) is 2.64. The summed E-state index contributed by atoms with van der Waals surface area (Å²) in [5.74, 6) is 0. The molecule has 0 unspecified atom stereocenters. The molecule has 1 heterocycles. The van der Waals surface area contributed by atoms with E-state index in [2.05, 4.69) is 15.1 Å². The van der Waals surface area contributed by atoms with Gasteiger partial charge in [0.15, 0.2) is 0 Å². The van der Waals surface area contributed by atoms with Crippen LogP contribution < -0.4 is 0 Å². The normalized spacial score (nSPS) is 9.50. The first-order chi connectivity index (χ1) is 5.74. The van der Waals surface area contributed by atoms with E-state index in [1.54, 1.807) is 4.68 Å². The van der Waals surface area contributed by atoms with Crippen molar-refractivity contribution in [3.05, 3.63) is 27.9 Å². The number of nitrogens with zero attached hydrogens (tertiary/aromatic N) is 5. The third-order valence-electron chi connectivity index (χ3n) is 1.63. The maximum absolute atomic E-state index is 8.05. The van der Waals surface area contributed by atoms with E-state index in [9.17, 15) is 0 Å². The summed E-state index contributed by atoms with van der Waals surface area (Å²) < 4.78 is 1.76. The first-order valence-corrected chi connectivity index (χ1v) is 3.74. The molecule has 0 aromatic carbocycles. The van der Waals surface area contributed by atoms with Crippen molar-refractivity contribution in [3.63, 3.8) is 0 Å². The van der Waals surface area contributed by atoms with Gasteiger partial charge in [0.1, 0.15) is 0 Å². The lowest BCUT2D eigenvalue weighted by molar-refractivity contribution is 0.738. The van der Waals surface area contributed by atoms with Crippen LogP contribution in [0.15, 0.2) is 11.3 Å². The van der Waals surface area contributed by atoms with Gasteiger partial charge in [-0.2, -0.15) is 5.10 Å². The van der Waals surface area contributed by atoms with Crippen molar-refractivity contribution in [2.45, 2.75) is 13.3 Å². The van der Waals surface area contributed by atoms with Crippen LogP contribution in [-0.2, 0) is 13.5 Å². The zero-order chi connectivity index (χ0) is 8.97. The fourth-order valence-corrected chi connectivity index (χ4v) is 1.10. The number of aryl methyl sites for hydroxylation is 2. The maximum atomic E-state index is 8.05. The van der Waals surface area contributed by atoms with Crippen molar-refractivity contribution >= 4 is 0 Å². The molecule has 0 aliphatic carbocycles. The highest BCUT2D eigenvalue weighted by molar-refractivity contribution is 5.14. The van der Waals surface area contributed by atoms with Crippen molar-refractivity contribution in [3.8, 4) is 0 Å². The quantitative estimate of drug-likeness (QED) is 0.381. The van der Waals surface area contributed by atoms with Crippen LogP contribution in [0.4, 0.5) is 0 Å². The van der Waals surface area contributed by atoms with Gasteiger partial charge in [0, 0.05) is 24.7 Å². The average molecular weight is 165 g/mol. The highest BCUT2D eigenvalue weighted by atomic mass is 15.3. The number of hydrogen-bond acceptors (Lipinski definition) is 2. The molecule has 5 nitrogen and oxygen atoms in total. The first-order valence-electron chi connectivity index (χ1n) is 3.74. The summed E-state index contributed by atoms with van der Waals surface area (Å²) in [6.45, 7) is 2.48. The second-order valence-electron chi connectivity index (χ2n) is 2.64. The van der Waals surface area contributed by atoms with Gasteiger partial charge in [-0.15, -0.1) is 0 Å². The maximum Gasteiger partial charge on any atom is 0.0654 e. The van der Waals surface area contributed by atoms with E-state index in [-0.39, 0.29) is 0 Å². The molecule has 12 heavy (non-hydrogen) atoms. The van der Waals surface area contributed by atoms with Crippen molar-refractivity contribution < 1.29 is 0 Å². The lowest BCUT2D eigenvalue weighted by atomic mass is 10.2. The summed E-state index contributed by atoms with van der Waals surface area (Å²) >= 11 is 0. The van der Waals surface area contributed by atoms with Crippen LogP contribution in [0.5, 0.6) is 0 Å². The van der Waals surface area contributed by atoms with Gasteiger partial charge in [0.05, 0.1) is 5.69 Å². The number of rotatable bonds is 3. The van der Waals surface area contributed by atoms with Gasteiger partial charge in [-0.3, -0.25) is 4.68 Å². The van der Waals surface area contributed by atoms with Gasteiger partial charge in [0.2, 0.25) is 0 Å². The second kappa shape index (κ2) is 3.78. The minimum absolute atomic E-state index is 0.481. The molecule has 1 rings (SSSR count). The van der Waals surface area contributed by atoms with Gasteiger partial charge >= 0.3 is 0 Å². The lowest BCUT2D eigenvalue weighted by Gasteiger charge is -1.91. The Balaban J connectivity index is 2.62. The zero-order valence-corrected chi connectivity index (χ0v) is 7.23. The highest BCUT2D eigenvalue weighted by Crippen LogP contribution is 2.04. The standard InChI is InChI=1S/C7H11N5/c1-6-5-12(2)10-7(6)3-4-9-11-8/h5H,3-4H2,1-2H3. The molecular weight excluding hydrogens is 154 g/mol. The summed E-state index contributed by atoms with van der Waals surface area (Å²) in [6.07, 6.45) is 2.67. The van der Waals surface area contributed by atoms with Crippen molar-refractivity contribution in [2.75, 3.05) is 6.54 Å². The largest absolute Gasteiger partial charge is 0.275 e. The smallest absolute Gasteiger partial charge is 0.0654 e. The van der Waals surface area contributed by atoms with Crippen molar-refractivity contribution in [1.29, 1.82) is 0 Å². The minimum Gasteiger partial charge on any atom is -0.275 e.